The molecule has 3 rings (SSSR count). The topological polar surface area (TPSA) is 160 Å². The van der Waals surface area contributed by atoms with Crippen molar-refractivity contribution in [3.05, 3.63) is 102 Å². The number of nitrogens with zero attached hydrogens (tertiary/aromatic N) is 2. The van der Waals surface area contributed by atoms with E-state index in [0.717, 1.165) is 16.7 Å². The molecule has 0 heterocycles. The number of aliphatic carboxylic acids is 1. The first-order chi connectivity index (χ1) is 19.8. The minimum Gasteiger partial charge on any atom is -0.494 e. The number of carboxylic acid groups (broad SMARTS) is 1. The number of hydrogen-bond acceptors (Lipinski definition) is 5. The molecular formula is C31H37N5O5. The summed E-state index contributed by atoms with van der Waals surface area (Å²) in [5.74, 6) is -2.15. The maximum Gasteiger partial charge on any atom is 0.322 e. The van der Waals surface area contributed by atoms with Gasteiger partial charge in [-0.2, -0.15) is 0 Å². The van der Waals surface area contributed by atoms with Gasteiger partial charge in [-0.3, -0.25) is 19.4 Å². The van der Waals surface area contributed by atoms with Crippen molar-refractivity contribution < 1.29 is 24.2 Å². The monoisotopic (exact) mass is 559 g/mol. The molecule has 0 fully saturated rings. The van der Waals surface area contributed by atoms with Crippen LogP contribution in [-0.4, -0.2) is 59.5 Å². The van der Waals surface area contributed by atoms with Crippen LogP contribution < -0.4 is 21.5 Å². The van der Waals surface area contributed by atoms with Crippen LogP contribution in [0.4, 0.5) is 0 Å². The zero-order valence-corrected chi connectivity index (χ0v) is 23.1. The van der Waals surface area contributed by atoms with Crippen molar-refractivity contribution in [3.8, 4) is 5.75 Å². The van der Waals surface area contributed by atoms with Crippen LogP contribution in [0.5, 0.6) is 5.75 Å². The fourth-order valence-electron chi connectivity index (χ4n) is 4.53. The second-order valence-corrected chi connectivity index (χ2v) is 9.37. The fourth-order valence-corrected chi connectivity index (χ4v) is 4.53. The fraction of sp³-hybridized carbons (Fsp3) is 0.290. The van der Waals surface area contributed by atoms with Gasteiger partial charge in [0.1, 0.15) is 18.3 Å². The Bertz CT molecular complexity index is 1260. The number of nitrogens with two attached hydrogens (primary N) is 2. The van der Waals surface area contributed by atoms with Crippen LogP contribution in [0.3, 0.4) is 0 Å². The van der Waals surface area contributed by atoms with E-state index in [0.29, 0.717) is 18.8 Å². The molecule has 0 aromatic heterocycles. The zero-order chi connectivity index (χ0) is 29.6. The highest BCUT2D eigenvalue weighted by Gasteiger charge is 2.35. The summed E-state index contributed by atoms with van der Waals surface area (Å²) in [5, 5.41) is 11.7. The number of aliphatic imine (C=N–C) groups is 1. The Morgan fingerprint density at radius 1 is 0.927 bits per heavy atom. The largest absolute Gasteiger partial charge is 0.494 e. The van der Waals surface area contributed by atoms with Gasteiger partial charge in [-0.15, -0.1) is 0 Å². The van der Waals surface area contributed by atoms with Gasteiger partial charge in [0, 0.05) is 13.1 Å². The molecule has 0 saturated carbocycles. The molecule has 2 amide bonds. The first-order valence-electron chi connectivity index (χ1n) is 13.5. The van der Waals surface area contributed by atoms with Crippen molar-refractivity contribution in [2.75, 3.05) is 19.7 Å². The Hall–Kier alpha value is -4.86. The predicted octanol–water partition coefficient (Wildman–Crippen LogP) is 2.87. The number of guanidine groups is 1. The Morgan fingerprint density at radius 3 is 2.02 bits per heavy atom. The third-order valence-corrected chi connectivity index (χ3v) is 6.41. The third kappa shape index (κ3) is 9.38. The van der Waals surface area contributed by atoms with Crippen LogP contribution in [0, 0.1) is 0 Å². The lowest BCUT2D eigenvalue weighted by molar-refractivity contribution is -0.143. The number of carbonyl (C=O) groups excluding carboxylic acids is 2. The second-order valence-electron chi connectivity index (χ2n) is 9.37. The minimum absolute atomic E-state index is 0.0765. The molecule has 0 unspecified atom stereocenters. The molecule has 10 nitrogen and oxygen atoms in total. The van der Waals surface area contributed by atoms with Crippen molar-refractivity contribution in [1.29, 1.82) is 0 Å². The number of nitrogens with one attached hydrogen (secondary N) is 1. The van der Waals surface area contributed by atoms with E-state index in [4.69, 9.17) is 16.2 Å². The highest BCUT2D eigenvalue weighted by Crippen LogP contribution is 2.29. The maximum absolute atomic E-state index is 14.6. The molecule has 0 saturated heterocycles. The number of amides is 2. The summed E-state index contributed by atoms with van der Waals surface area (Å²) in [6, 6.07) is 25.0. The molecule has 0 spiro atoms. The first-order valence-corrected chi connectivity index (χ1v) is 13.5. The zero-order valence-electron chi connectivity index (χ0n) is 23.1. The average molecular weight is 560 g/mol. The number of benzene rings is 3. The summed E-state index contributed by atoms with van der Waals surface area (Å²) in [6.07, 6.45) is 0.596. The average Bonchev–Trinajstić information content (AvgIpc) is 2.97. The lowest BCUT2D eigenvalue weighted by atomic mass is 9.89. The summed E-state index contributed by atoms with van der Waals surface area (Å²) in [4.78, 5) is 44.8. The number of carbonyl (C=O) groups is 3. The van der Waals surface area contributed by atoms with Crippen molar-refractivity contribution in [2.24, 2.45) is 16.5 Å². The Balaban J connectivity index is 2.07. The van der Waals surface area contributed by atoms with Crippen molar-refractivity contribution in [1.82, 2.24) is 10.2 Å². The van der Waals surface area contributed by atoms with Crippen molar-refractivity contribution in [2.45, 2.75) is 38.3 Å². The van der Waals surface area contributed by atoms with E-state index < -0.39 is 30.4 Å². The smallest absolute Gasteiger partial charge is 0.322 e. The highest BCUT2D eigenvalue weighted by molar-refractivity contribution is 5.93. The minimum atomic E-state index is -1.19. The SMILES string of the molecule is CCOc1ccc(CN(C(=O)C(c2ccccc2)c2ccccc2)[C@H](CCCN=C(N)N)C(=O)NCC(=O)O)cc1. The summed E-state index contributed by atoms with van der Waals surface area (Å²) in [7, 11) is 0. The normalized spacial score (nSPS) is 11.4. The van der Waals surface area contributed by atoms with Crippen LogP contribution in [0.25, 0.3) is 0 Å². The van der Waals surface area contributed by atoms with Gasteiger partial charge in [0.25, 0.3) is 0 Å². The van der Waals surface area contributed by atoms with E-state index >= 15 is 0 Å². The van der Waals surface area contributed by atoms with E-state index in [1.54, 1.807) is 0 Å². The van der Waals surface area contributed by atoms with Gasteiger partial charge in [0.15, 0.2) is 5.96 Å². The molecule has 3 aromatic carbocycles. The van der Waals surface area contributed by atoms with Gasteiger partial charge < -0.3 is 31.5 Å². The van der Waals surface area contributed by atoms with Crippen LogP contribution in [-0.2, 0) is 20.9 Å². The molecule has 1 atom stereocenters. The standard InChI is InChI=1S/C31H37N5O5/c1-2-41-25-17-15-22(16-18-25)21-36(26(14-9-19-34-31(32)33)29(39)35-20-27(37)38)30(40)28(23-10-5-3-6-11-23)24-12-7-4-8-13-24/h3-8,10-13,15-18,26,28H,2,9,14,19-21H2,1H3,(H,35,39)(H,37,38)(H4,32,33,34)/t26-/m1/s1. The van der Waals surface area contributed by atoms with Crippen molar-refractivity contribution >= 4 is 23.7 Å². The van der Waals surface area contributed by atoms with Gasteiger partial charge in [0.2, 0.25) is 11.8 Å². The number of carboxylic acids is 1. The van der Waals surface area contributed by atoms with Gasteiger partial charge in [-0.25, -0.2) is 0 Å². The van der Waals surface area contributed by atoms with Crippen molar-refractivity contribution in [3.63, 3.8) is 0 Å². The summed E-state index contributed by atoms with van der Waals surface area (Å²) < 4.78 is 5.56. The maximum atomic E-state index is 14.6. The number of ether oxygens (including phenoxy) is 1. The first kappa shape index (κ1) is 30.7. The molecule has 216 valence electrons. The van der Waals surface area contributed by atoms with Crippen LogP contribution in [0.2, 0.25) is 0 Å². The van der Waals surface area contributed by atoms with Gasteiger partial charge in [-0.05, 0) is 48.6 Å². The van der Waals surface area contributed by atoms with Gasteiger partial charge in [0.05, 0.1) is 12.5 Å². The highest BCUT2D eigenvalue weighted by atomic mass is 16.5. The second kappa shape index (κ2) is 15.7. The number of rotatable bonds is 15. The van der Waals surface area contributed by atoms with E-state index in [-0.39, 0.29) is 31.4 Å². The molecule has 3 aromatic rings. The van der Waals surface area contributed by atoms with E-state index in [9.17, 15) is 19.5 Å². The summed E-state index contributed by atoms with van der Waals surface area (Å²) >= 11 is 0. The molecule has 6 N–H and O–H groups in total. The lowest BCUT2D eigenvalue weighted by Gasteiger charge is -2.34. The molecule has 0 aliphatic rings. The van der Waals surface area contributed by atoms with Crippen LogP contribution in [0.15, 0.2) is 89.9 Å². The Morgan fingerprint density at radius 2 is 1.51 bits per heavy atom. The molecular weight excluding hydrogens is 522 g/mol. The van der Waals surface area contributed by atoms with E-state index in [1.165, 1.54) is 4.90 Å². The third-order valence-electron chi connectivity index (χ3n) is 6.41. The van der Waals surface area contributed by atoms with Crippen LogP contribution in [0.1, 0.15) is 42.4 Å². The predicted molar refractivity (Wildman–Crippen MR) is 157 cm³/mol. The molecule has 0 radical (unpaired) electrons. The van der Waals surface area contributed by atoms with E-state index in [1.807, 2.05) is 91.9 Å². The quantitative estimate of drug-likeness (QED) is 0.126. The molecule has 0 aliphatic heterocycles. The van der Waals surface area contributed by atoms with E-state index in [2.05, 4.69) is 10.3 Å². The van der Waals surface area contributed by atoms with Gasteiger partial charge in [-0.1, -0.05) is 72.8 Å². The van der Waals surface area contributed by atoms with Gasteiger partial charge >= 0.3 is 5.97 Å². The molecule has 0 bridgehead atoms. The molecule has 10 heteroatoms. The molecule has 0 aliphatic carbocycles. The Labute approximate surface area is 240 Å². The summed E-state index contributed by atoms with van der Waals surface area (Å²) in [6.45, 7) is 2.19. The Kier molecular flexibility index (Phi) is 11.7. The summed E-state index contributed by atoms with van der Waals surface area (Å²) in [5.41, 5.74) is 13.3. The van der Waals surface area contributed by atoms with Crippen LogP contribution >= 0.6 is 0 Å². The number of hydrogen-bond donors (Lipinski definition) is 4. The molecule has 41 heavy (non-hydrogen) atoms. The lowest BCUT2D eigenvalue weighted by Crippen LogP contribution is -2.51.